The molecule has 16 heavy (non-hydrogen) atoms. The van der Waals surface area contributed by atoms with Crippen molar-refractivity contribution >= 4 is 10.9 Å². The van der Waals surface area contributed by atoms with E-state index in [4.69, 9.17) is 10.8 Å². The smallest absolute Gasteiger partial charge is 0.148 e. The van der Waals surface area contributed by atoms with Crippen LogP contribution in [0.5, 0.6) is 0 Å². The van der Waals surface area contributed by atoms with Gasteiger partial charge in [-0.2, -0.15) is 0 Å². The highest BCUT2D eigenvalue weighted by Crippen LogP contribution is 2.14. The Hall–Kier alpha value is -1.56. The van der Waals surface area contributed by atoms with Crippen molar-refractivity contribution in [3.8, 4) is 0 Å². The quantitative estimate of drug-likeness (QED) is 0.675. The van der Waals surface area contributed by atoms with Crippen molar-refractivity contribution in [1.82, 2.24) is 9.97 Å². The normalized spacial score (nSPS) is 14.9. The lowest BCUT2D eigenvalue weighted by Crippen LogP contribution is -2.30. The van der Waals surface area contributed by atoms with Gasteiger partial charge in [0.05, 0.1) is 24.3 Å². The van der Waals surface area contributed by atoms with Gasteiger partial charge in [0.2, 0.25) is 0 Å². The molecule has 1 aromatic carbocycles. The molecule has 1 aromatic heterocycles. The molecule has 0 aliphatic rings. The van der Waals surface area contributed by atoms with Gasteiger partial charge in [-0.05, 0) is 6.07 Å². The zero-order valence-corrected chi connectivity index (χ0v) is 8.61. The fraction of sp³-hybridized carbons (Fsp3) is 0.273. The van der Waals surface area contributed by atoms with E-state index in [9.17, 15) is 5.11 Å². The molecule has 84 valence electrons. The van der Waals surface area contributed by atoms with Crippen LogP contribution in [0.25, 0.3) is 10.9 Å². The van der Waals surface area contributed by atoms with Crippen LogP contribution in [0.15, 0.2) is 30.5 Å². The summed E-state index contributed by atoms with van der Waals surface area (Å²) in [5.41, 5.74) is 6.48. The van der Waals surface area contributed by atoms with Crippen molar-refractivity contribution in [1.29, 1.82) is 0 Å². The second-order valence-electron chi connectivity index (χ2n) is 3.56. The molecule has 5 heteroatoms. The molecular formula is C11H13N3O2. The first kappa shape index (κ1) is 10.9. The fourth-order valence-corrected chi connectivity index (χ4v) is 1.43. The molecule has 0 saturated carbocycles. The number of aromatic nitrogens is 2. The summed E-state index contributed by atoms with van der Waals surface area (Å²) >= 11 is 0. The number of hydrogen-bond acceptors (Lipinski definition) is 5. The zero-order valence-electron chi connectivity index (χ0n) is 8.61. The average Bonchev–Trinajstić information content (AvgIpc) is 2.36. The van der Waals surface area contributed by atoms with E-state index >= 15 is 0 Å². The Bertz CT molecular complexity index is 489. The molecule has 2 unspecified atom stereocenters. The number of rotatable bonds is 3. The number of nitrogens with two attached hydrogens (primary N) is 1. The molecule has 5 nitrogen and oxygen atoms in total. The molecule has 4 N–H and O–H groups in total. The molecule has 2 rings (SSSR count). The number of nitrogens with zero attached hydrogens (tertiary/aromatic N) is 2. The maximum atomic E-state index is 9.40. The van der Waals surface area contributed by atoms with Crippen molar-refractivity contribution in [3.05, 3.63) is 36.3 Å². The zero-order chi connectivity index (χ0) is 11.5. The van der Waals surface area contributed by atoms with Gasteiger partial charge in [-0.3, -0.25) is 0 Å². The van der Waals surface area contributed by atoms with Gasteiger partial charge in [-0.1, -0.05) is 18.2 Å². The molecule has 0 bridgehead atoms. The maximum absolute atomic E-state index is 9.40. The summed E-state index contributed by atoms with van der Waals surface area (Å²) in [7, 11) is 0. The summed E-state index contributed by atoms with van der Waals surface area (Å²) in [6.45, 7) is -0.405. The van der Waals surface area contributed by atoms with Gasteiger partial charge in [0.15, 0.2) is 0 Å². The molecule has 0 radical (unpaired) electrons. The van der Waals surface area contributed by atoms with Gasteiger partial charge in [0.25, 0.3) is 0 Å². The summed E-state index contributed by atoms with van der Waals surface area (Å²) in [5, 5.41) is 19.1. The van der Waals surface area contributed by atoms with Crippen LogP contribution in [0.2, 0.25) is 0 Å². The van der Waals surface area contributed by atoms with Gasteiger partial charge in [0, 0.05) is 11.6 Å². The molecule has 0 saturated heterocycles. The molecule has 0 aliphatic carbocycles. The molecular weight excluding hydrogens is 206 g/mol. The van der Waals surface area contributed by atoms with Gasteiger partial charge >= 0.3 is 0 Å². The average molecular weight is 219 g/mol. The SMILES string of the molecule is NC(c1ncc2ccccc2n1)C(O)CO. The second-order valence-corrected chi connectivity index (χ2v) is 3.56. The van der Waals surface area contributed by atoms with Crippen molar-refractivity contribution in [2.45, 2.75) is 12.1 Å². The van der Waals surface area contributed by atoms with E-state index in [0.717, 1.165) is 10.9 Å². The molecule has 0 aliphatic heterocycles. The lowest BCUT2D eigenvalue weighted by atomic mass is 10.1. The third-order valence-electron chi connectivity index (χ3n) is 2.41. The predicted octanol–water partition coefficient (Wildman–Crippen LogP) is -0.0172. The topological polar surface area (TPSA) is 92.3 Å². The third-order valence-corrected chi connectivity index (χ3v) is 2.41. The number of fused-ring (bicyclic) bond motifs is 1. The Labute approximate surface area is 92.6 Å². The summed E-state index contributed by atoms with van der Waals surface area (Å²) in [6.07, 6.45) is 0.614. The van der Waals surface area contributed by atoms with Crippen molar-refractivity contribution < 1.29 is 10.2 Å². The Morgan fingerprint density at radius 2 is 2.06 bits per heavy atom. The van der Waals surface area contributed by atoms with Crippen LogP contribution in [0.3, 0.4) is 0 Å². The highest BCUT2D eigenvalue weighted by atomic mass is 16.3. The molecule has 1 heterocycles. The van der Waals surface area contributed by atoms with Crippen LogP contribution in [-0.4, -0.2) is 32.9 Å². The largest absolute Gasteiger partial charge is 0.394 e. The number of hydrogen-bond donors (Lipinski definition) is 3. The first-order chi connectivity index (χ1) is 7.72. The van der Waals surface area contributed by atoms with Crippen LogP contribution in [0.4, 0.5) is 0 Å². The number of benzene rings is 1. The van der Waals surface area contributed by atoms with Crippen LogP contribution >= 0.6 is 0 Å². The van der Waals surface area contributed by atoms with Crippen molar-refractivity contribution in [2.24, 2.45) is 5.73 Å². The van der Waals surface area contributed by atoms with Crippen molar-refractivity contribution in [2.75, 3.05) is 6.61 Å². The number of aliphatic hydroxyl groups excluding tert-OH is 2. The Balaban J connectivity index is 2.39. The summed E-state index contributed by atoms with van der Waals surface area (Å²) in [5.74, 6) is 0.334. The van der Waals surface area contributed by atoms with E-state index in [1.807, 2.05) is 24.3 Å². The summed E-state index contributed by atoms with van der Waals surface area (Å²) in [4.78, 5) is 8.31. The number of aliphatic hydroxyl groups is 2. The molecule has 0 fully saturated rings. The van der Waals surface area contributed by atoms with Gasteiger partial charge in [0.1, 0.15) is 5.82 Å². The highest BCUT2D eigenvalue weighted by Gasteiger charge is 2.18. The first-order valence-corrected chi connectivity index (χ1v) is 4.98. The minimum atomic E-state index is -1.04. The van der Waals surface area contributed by atoms with E-state index in [-0.39, 0.29) is 0 Å². The monoisotopic (exact) mass is 219 g/mol. The van der Waals surface area contributed by atoms with Gasteiger partial charge < -0.3 is 15.9 Å². The summed E-state index contributed by atoms with van der Waals surface area (Å²) < 4.78 is 0. The lowest BCUT2D eigenvalue weighted by molar-refractivity contribution is 0.0719. The number of para-hydroxylation sites is 1. The van der Waals surface area contributed by atoms with Crippen LogP contribution < -0.4 is 5.73 Å². The first-order valence-electron chi connectivity index (χ1n) is 4.98. The predicted molar refractivity (Wildman–Crippen MR) is 59.6 cm³/mol. The van der Waals surface area contributed by atoms with E-state index in [1.54, 1.807) is 6.20 Å². The van der Waals surface area contributed by atoms with E-state index < -0.39 is 18.8 Å². The Morgan fingerprint density at radius 1 is 1.31 bits per heavy atom. The van der Waals surface area contributed by atoms with E-state index in [2.05, 4.69) is 9.97 Å². The molecule has 0 spiro atoms. The van der Waals surface area contributed by atoms with Gasteiger partial charge in [-0.25, -0.2) is 9.97 Å². The standard InChI is InChI=1S/C11H13N3O2/c12-10(9(16)6-15)11-13-5-7-3-1-2-4-8(7)14-11/h1-5,9-10,15-16H,6,12H2. The lowest BCUT2D eigenvalue weighted by Gasteiger charge is -2.15. The van der Waals surface area contributed by atoms with Gasteiger partial charge in [-0.15, -0.1) is 0 Å². The van der Waals surface area contributed by atoms with Crippen LogP contribution in [0.1, 0.15) is 11.9 Å². The van der Waals surface area contributed by atoms with Crippen LogP contribution in [-0.2, 0) is 0 Å². The van der Waals surface area contributed by atoms with E-state index in [0.29, 0.717) is 5.82 Å². The molecule has 2 atom stereocenters. The fourth-order valence-electron chi connectivity index (χ4n) is 1.43. The highest BCUT2D eigenvalue weighted by molar-refractivity contribution is 5.77. The molecule has 0 amide bonds. The molecule has 2 aromatic rings. The Kier molecular flexibility index (Phi) is 3.09. The van der Waals surface area contributed by atoms with Crippen molar-refractivity contribution in [3.63, 3.8) is 0 Å². The maximum Gasteiger partial charge on any atom is 0.148 e. The summed E-state index contributed by atoms with van der Waals surface area (Å²) in [6, 6.07) is 6.74. The minimum absolute atomic E-state index is 0.334. The Morgan fingerprint density at radius 3 is 2.81 bits per heavy atom. The van der Waals surface area contributed by atoms with E-state index in [1.165, 1.54) is 0 Å². The second kappa shape index (κ2) is 4.52. The third kappa shape index (κ3) is 2.01. The van der Waals surface area contributed by atoms with Crippen LogP contribution in [0, 0.1) is 0 Å². The minimum Gasteiger partial charge on any atom is -0.394 e.